The number of thiophene rings is 1. The van der Waals surface area contributed by atoms with E-state index in [4.69, 9.17) is 4.74 Å². The van der Waals surface area contributed by atoms with Crippen LogP contribution in [-0.2, 0) is 17.5 Å². The number of benzene rings is 1. The highest BCUT2D eigenvalue weighted by atomic mass is 32.1. The summed E-state index contributed by atoms with van der Waals surface area (Å²) in [5, 5.41) is 4.60. The van der Waals surface area contributed by atoms with Crippen LogP contribution in [0.25, 0.3) is 16.8 Å². The number of amides is 1. The predicted octanol–water partition coefficient (Wildman–Crippen LogP) is 4.85. The van der Waals surface area contributed by atoms with Crippen molar-refractivity contribution in [3.63, 3.8) is 0 Å². The van der Waals surface area contributed by atoms with Crippen molar-refractivity contribution in [2.75, 3.05) is 31.2 Å². The Labute approximate surface area is 197 Å². The van der Waals surface area contributed by atoms with E-state index in [1.54, 1.807) is 12.3 Å². The van der Waals surface area contributed by atoms with Crippen LogP contribution in [0.3, 0.4) is 0 Å². The van der Waals surface area contributed by atoms with E-state index >= 15 is 0 Å². The van der Waals surface area contributed by atoms with E-state index in [1.807, 2.05) is 35.7 Å². The lowest BCUT2D eigenvalue weighted by Gasteiger charge is -2.29. The molecular weight excluding hydrogens is 465 g/mol. The number of rotatable bonds is 5. The minimum absolute atomic E-state index is 0.0683. The number of carbonyl (C=O) groups is 1. The summed E-state index contributed by atoms with van der Waals surface area (Å²) in [4.78, 5) is 19.7. The number of halogens is 3. The second-order valence-electron chi connectivity index (χ2n) is 7.91. The number of imidazole rings is 1. The van der Waals surface area contributed by atoms with Crippen molar-refractivity contribution in [1.29, 1.82) is 0 Å². The Morgan fingerprint density at radius 1 is 1.09 bits per heavy atom. The second kappa shape index (κ2) is 9.11. The lowest BCUT2D eigenvalue weighted by atomic mass is 10.0. The van der Waals surface area contributed by atoms with Gasteiger partial charge in [-0.1, -0.05) is 18.2 Å². The molecule has 0 aliphatic carbocycles. The number of morpholine rings is 1. The van der Waals surface area contributed by atoms with Crippen LogP contribution in [0, 0.1) is 0 Å². The minimum atomic E-state index is -4.63. The smallest absolute Gasteiger partial charge is 0.378 e. The number of carbonyl (C=O) groups excluding carboxylic acids is 1. The van der Waals surface area contributed by atoms with Gasteiger partial charge in [-0.2, -0.15) is 13.2 Å². The first-order valence-electron chi connectivity index (χ1n) is 10.7. The number of anilines is 1. The minimum Gasteiger partial charge on any atom is -0.378 e. The van der Waals surface area contributed by atoms with Crippen LogP contribution >= 0.6 is 11.3 Å². The summed E-state index contributed by atoms with van der Waals surface area (Å²) in [5.74, 6) is -0.527. The van der Waals surface area contributed by atoms with Gasteiger partial charge in [0.05, 0.1) is 25.3 Å². The quantitative estimate of drug-likeness (QED) is 0.438. The summed E-state index contributed by atoms with van der Waals surface area (Å²) >= 11 is 1.48. The monoisotopic (exact) mass is 486 g/mol. The van der Waals surface area contributed by atoms with Gasteiger partial charge in [-0.3, -0.25) is 4.79 Å². The van der Waals surface area contributed by atoms with Crippen molar-refractivity contribution in [3.05, 3.63) is 76.4 Å². The summed E-state index contributed by atoms with van der Waals surface area (Å²) in [6.45, 7) is 2.96. The first kappa shape index (κ1) is 22.4. The van der Waals surface area contributed by atoms with Gasteiger partial charge in [0, 0.05) is 36.0 Å². The Hall–Kier alpha value is -3.37. The van der Waals surface area contributed by atoms with Crippen LogP contribution in [0.1, 0.15) is 20.9 Å². The van der Waals surface area contributed by atoms with Gasteiger partial charge in [-0.15, -0.1) is 11.3 Å². The molecule has 1 aliphatic heterocycles. The Morgan fingerprint density at radius 3 is 2.65 bits per heavy atom. The molecule has 0 unspecified atom stereocenters. The number of pyridine rings is 1. The van der Waals surface area contributed by atoms with E-state index in [-0.39, 0.29) is 17.9 Å². The third kappa shape index (κ3) is 4.64. The van der Waals surface area contributed by atoms with Crippen LogP contribution in [0.15, 0.2) is 60.2 Å². The molecular formula is C24H21F3N4O2S. The molecule has 0 radical (unpaired) electrons. The SMILES string of the molecule is O=C(NCc1cccs1)c1cn2cc(-c3cccc(N4CCOCC4)c3)cc(C(F)(F)F)c2n1. The lowest BCUT2D eigenvalue weighted by molar-refractivity contribution is -0.136. The molecule has 3 aromatic heterocycles. The van der Waals surface area contributed by atoms with E-state index in [0.717, 1.165) is 29.7 Å². The van der Waals surface area contributed by atoms with Crippen LogP contribution in [-0.4, -0.2) is 41.6 Å². The molecule has 5 rings (SSSR count). The first-order valence-corrected chi connectivity index (χ1v) is 11.6. The maximum Gasteiger partial charge on any atom is 0.420 e. The fourth-order valence-electron chi connectivity index (χ4n) is 3.95. The van der Waals surface area contributed by atoms with Crippen molar-refractivity contribution in [1.82, 2.24) is 14.7 Å². The Balaban J connectivity index is 1.50. The third-order valence-corrected chi connectivity index (χ3v) is 6.52. The molecule has 0 atom stereocenters. The van der Waals surface area contributed by atoms with E-state index in [2.05, 4.69) is 15.2 Å². The van der Waals surface area contributed by atoms with E-state index in [9.17, 15) is 18.0 Å². The summed E-state index contributed by atoms with van der Waals surface area (Å²) in [5.41, 5.74) is 0.697. The number of fused-ring (bicyclic) bond motifs is 1. The maximum absolute atomic E-state index is 14.0. The molecule has 1 aromatic carbocycles. The topological polar surface area (TPSA) is 58.9 Å². The van der Waals surface area contributed by atoms with Crippen LogP contribution in [0.2, 0.25) is 0 Å². The highest BCUT2D eigenvalue weighted by Crippen LogP contribution is 2.36. The average molecular weight is 487 g/mol. The fourth-order valence-corrected chi connectivity index (χ4v) is 4.59. The molecule has 6 nitrogen and oxygen atoms in total. The van der Waals surface area contributed by atoms with Crippen LogP contribution in [0.4, 0.5) is 18.9 Å². The molecule has 4 aromatic rings. The van der Waals surface area contributed by atoms with Crippen molar-refractivity contribution >= 4 is 28.6 Å². The standard InChI is InChI=1S/C24H21F3N4O2S/c25-24(26,27)20-12-17(16-3-1-4-18(11-16)30-6-8-33-9-7-30)14-31-15-21(29-22(20)31)23(32)28-13-19-5-2-10-34-19/h1-5,10-12,14-15H,6-9,13H2,(H,28,32). The van der Waals surface area contributed by atoms with E-state index < -0.39 is 17.6 Å². The Kier molecular flexibility index (Phi) is 6.01. The Morgan fingerprint density at radius 2 is 1.91 bits per heavy atom. The maximum atomic E-state index is 14.0. The largest absolute Gasteiger partial charge is 0.420 e. The van der Waals surface area contributed by atoms with Crippen molar-refractivity contribution in [2.45, 2.75) is 12.7 Å². The average Bonchev–Trinajstić information content (AvgIpc) is 3.52. The molecule has 10 heteroatoms. The van der Waals surface area contributed by atoms with Crippen LogP contribution < -0.4 is 10.2 Å². The number of hydrogen-bond donors (Lipinski definition) is 1. The van der Waals surface area contributed by atoms with Gasteiger partial charge in [0.2, 0.25) is 0 Å². The summed E-state index contributed by atoms with van der Waals surface area (Å²) in [6.07, 6.45) is -1.72. The fraction of sp³-hybridized carbons (Fsp3) is 0.250. The van der Waals surface area contributed by atoms with Gasteiger partial charge in [-0.25, -0.2) is 4.98 Å². The molecule has 34 heavy (non-hydrogen) atoms. The molecule has 0 saturated carbocycles. The zero-order valence-corrected chi connectivity index (χ0v) is 18.8. The first-order chi connectivity index (χ1) is 16.4. The summed E-state index contributed by atoms with van der Waals surface area (Å²) in [7, 11) is 0. The molecule has 1 aliphatic rings. The van der Waals surface area contributed by atoms with E-state index in [0.29, 0.717) is 24.3 Å². The molecule has 1 fully saturated rings. The predicted molar refractivity (Wildman–Crippen MR) is 124 cm³/mol. The molecule has 0 spiro atoms. The van der Waals surface area contributed by atoms with Crippen molar-refractivity contribution < 1.29 is 22.7 Å². The molecule has 176 valence electrons. The zero-order valence-electron chi connectivity index (χ0n) is 18.0. The van der Waals surface area contributed by atoms with Crippen molar-refractivity contribution in [2.24, 2.45) is 0 Å². The van der Waals surface area contributed by atoms with Gasteiger partial charge in [0.25, 0.3) is 5.91 Å². The van der Waals surface area contributed by atoms with Gasteiger partial charge >= 0.3 is 6.18 Å². The second-order valence-corrected chi connectivity index (χ2v) is 8.94. The number of alkyl halides is 3. The molecule has 1 N–H and O–H groups in total. The Bertz CT molecular complexity index is 1310. The molecule has 0 bridgehead atoms. The number of nitrogens with zero attached hydrogens (tertiary/aromatic N) is 3. The zero-order chi connectivity index (χ0) is 23.7. The van der Waals surface area contributed by atoms with E-state index in [1.165, 1.54) is 21.9 Å². The number of ether oxygens (including phenoxy) is 1. The van der Waals surface area contributed by atoms with Crippen LogP contribution in [0.5, 0.6) is 0 Å². The number of hydrogen-bond acceptors (Lipinski definition) is 5. The summed E-state index contributed by atoms with van der Waals surface area (Å²) < 4.78 is 48.5. The lowest BCUT2D eigenvalue weighted by Crippen LogP contribution is -2.36. The highest BCUT2D eigenvalue weighted by Gasteiger charge is 2.35. The van der Waals surface area contributed by atoms with Gasteiger partial charge in [0.1, 0.15) is 11.3 Å². The summed E-state index contributed by atoms with van der Waals surface area (Å²) in [6, 6.07) is 12.2. The third-order valence-electron chi connectivity index (χ3n) is 5.65. The van der Waals surface area contributed by atoms with Crippen molar-refractivity contribution in [3.8, 4) is 11.1 Å². The molecule has 4 heterocycles. The highest BCUT2D eigenvalue weighted by molar-refractivity contribution is 7.09. The molecule has 1 amide bonds. The van der Waals surface area contributed by atoms with Gasteiger partial charge < -0.3 is 19.4 Å². The van der Waals surface area contributed by atoms with Gasteiger partial charge in [0.15, 0.2) is 0 Å². The van der Waals surface area contributed by atoms with Gasteiger partial charge in [-0.05, 0) is 40.8 Å². The number of nitrogens with one attached hydrogen (secondary N) is 1. The normalized spacial score (nSPS) is 14.5. The number of aromatic nitrogens is 2. The molecule has 1 saturated heterocycles.